The van der Waals surface area contributed by atoms with E-state index in [0.29, 0.717) is 46.2 Å². The van der Waals surface area contributed by atoms with Crippen LogP contribution in [0, 0.1) is 11.8 Å². The summed E-state index contributed by atoms with van der Waals surface area (Å²) in [4.78, 5) is 109. The van der Waals surface area contributed by atoms with Gasteiger partial charge in [0, 0.05) is 49.1 Å². The van der Waals surface area contributed by atoms with Gasteiger partial charge in [0.15, 0.2) is 11.9 Å². The molecule has 1 fully saturated rings. The number of ether oxygens (including phenoxy) is 10. The number of allylic oxidation sites excluding steroid dienone is 2. The van der Waals surface area contributed by atoms with Crippen LogP contribution in [0.2, 0.25) is 0 Å². The van der Waals surface area contributed by atoms with Crippen LogP contribution < -0.4 is 37.3 Å². The Morgan fingerprint density at radius 3 is 2.36 bits per heavy atom. The molecule has 0 saturated carbocycles. The molecular formula is C53H78N11O25P3. The van der Waals surface area contributed by atoms with Gasteiger partial charge in [-0.15, -0.1) is 6.58 Å². The molecule has 0 radical (unpaired) electrons. The lowest BCUT2D eigenvalue weighted by molar-refractivity contribution is -0.148. The molecule has 7 atom stereocenters. The van der Waals surface area contributed by atoms with Crippen molar-refractivity contribution in [1.82, 2.24) is 35.8 Å². The van der Waals surface area contributed by atoms with E-state index >= 15 is 0 Å². The first-order valence-corrected chi connectivity index (χ1v) is 33.4. The Labute approximate surface area is 527 Å². The second-order valence-electron chi connectivity index (χ2n) is 19.6. The number of phosphoric ester groups is 1. The number of carbonyl (C=O) groups excluding carboxylic acids is 4. The smallest absolute Gasteiger partial charge is 0.490 e. The predicted octanol–water partition coefficient (Wildman–Crippen LogP) is 2.05. The number of anilines is 1. The van der Waals surface area contributed by atoms with E-state index in [1.54, 1.807) is 18.2 Å². The standard InChI is InChI=1S/C53H78N11O25P3/c1-2-20-82-42-32-47(87-43(42)35-85-91(73,74)89-92(75,76)88-90(70,71)72)64-34-39(49-50(64)60-53(54)61-52(49)69)11-9-16-57-45(66)36-81-29-30-83-46(62-63-55)37-84-41-14-8-10-38(31-41)51(68)59-18-17-58-44(65)15-21-77-23-25-79-27-28-80-26-24-78-22-19-56-33-48(67)86-40-12-6-4-3-5-7-13-40/h2-4,8,10,14,31,34,40,42-43,46-47,56H,1,5-7,12-13,15-30,32-33,35-37H2,(H,57,66)(H,58,65)(H,59,68)(H,73,74)(H,75,76)(H2,70,71,72)(H3,54,60,61,69)/b4-3-/t40?,42-,43?,46?,47?/m1/s1. The van der Waals surface area contributed by atoms with Gasteiger partial charge in [-0.05, 0) is 55.8 Å². The monoisotopic (exact) mass is 1360 g/mol. The molecule has 0 bridgehead atoms. The van der Waals surface area contributed by atoms with E-state index < -0.39 is 78.7 Å². The summed E-state index contributed by atoms with van der Waals surface area (Å²) in [7, 11) is -17.0. The van der Waals surface area contributed by atoms with E-state index in [2.05, 4.69) is 80.5 Å². The van der Waals surface area contributed by atoms with E-state index in [1.165, 1.54) is 22.9 Å². The number of amides is 3. The van der Waals surface area contributed by atoms with Gasteiger partial charge < -0.3 is 98.5 Å². The summed E-state index contributed by atoms with van der Waals surface area (Å²) in [6.07, 6.45) is 7.58. The highest BCUT2D eigenvalue weighted by Gasteiger charge is 2.44. The minimum atomic E-state index is -5.81. The molecule has 36 nitrogen and oxygen atoms in total. The minimum Gasteiger partial charge on any atom is -0.491 e. The summed E-state index contributed by atoms with van der Waals surface area (Å²) in [6.45, 7) is 5.25. The van der Waals surface area contributed by atoms with E-state index in [1.807, 2.05) is 0 Å². The Morgan fingerprint density at radius 1 is 0.902 bits per heavy atom. The van der Waals surface area contributed by atoms with Gasteiger partial charge in [-0.1, -0.05) is 41.2 Å². The van der Waals surface area contributed by atoms with Gasteiger partial charge in [0.25, 0.3) is 11.5 Å². The highest BCUT2D eigenvalue weighted by atomic mass is 31.3. The summed E-state index contributed by atoms with van der Waals surface area (Å²) in [6, 6.07) is 6.18. The quantitative estimate of drug-likeness (QED) is 0.00566. The van der Waals surface area contributed by atoms with Crippen molar-refractivity contribution >= 4 is 64.1 Å². The molecule has 6 unspecified atom stereocenters. The second kappa shape index (κ2) is 41.3. The van der Waals surface area contributed by atoms with Gasteiger partial charge in [-0.25, -0.2) is 13.7 Å². The number of phosphoric acid groups is 3. The molecule has 1 aliphatic heterocycles. The maximum Gasteiger partial charge on any atom is 0.490 e. The van der Waals surface area contributed by atoms with E-state index in [4.69, 9.17) is 72.9 Å². The zero-order valence-electron chi connectivity index (χ0n) is 50.1. The summed E-state index contributed by atoms with van der Waals surface area (Å²) >= 11 is 0. The van der Waals surface area contributed by atoms with Crippen LogP contribution in [0.4, 0.5) is 5.95 Å². The first-order valence-electron chi connectivity index (χ1n) is 28.8. The normalized spacial score (nSPS) is 18.5. The van der Waals surface area contributed by atoms with Crippen molar-refractivity contribution in [3.05, 3.63) is 87.2 Å². The largest absolute Gasteiger partial charge is 0.491 e. The average molecular weight is 1360 g/mol. The number of rotatable bonds is 44. The number of nitrogens with zero attached hydrogens (tertiary/aromatic N) is 5. The fourth-order valence-corrected chi connectivity index (χ4v) is 11.5. The lowest BCUT2D eigenvalue weighted by Gasteiger charge is -2.21. The molecule has 1 aromatic carbocycles. The highest BCUT2D eigenvalue weighted by molar-refractivity contribution is 7.66. The molecule has 2 aliphatic rings. The van der Waals surface area contributed by atoms with Gasteiger partial charge in [0.2, 0.25) is 17.8 Å². The number of nitrogens with two attached hydrogens (primary N) is 1. The zero-order valence-corrected chi connectivity index (χ0v) is 52.8. The van der Waals surface area contributed by atoms with Crippen molar-refractivity contribution in [3.63, 3.8) is 0 Å². The fourth-order valence-electron chi connectivity index (χ4n) is 8.46. The number of fused-ring (bicyclic) bond motifs is 1. The molecule has 1 saturated heterocycles. The number of azide groups is 1. The maximum absolute atomic E-state index is 13.1. The van der Waals surface area contributed by atoms with Gasteiger partial charge in [0.1, 0.15) is 37.4 Å². The third-order valence-electron chi connectivity index (χ3n) is 12.5. The third-order valence-corrected chi connectivity index (χ3v) is 16.3. The van der Waals surface area contributed by atoms with E-state index in [-0.39, 0.29) is 131 Å². The molecule has 2 aromatic heterocycles. The molecule has 11 N–H and O–H groups in total. The highest BCUT2D eigenvalue weighted by Crippen LogP contribution is 2.66. The molecule has 3 heterocycles. The Kier molecular flexibility index (Phi) is 34.2. The number of aromatic nitrogens is 3. The zero-order chi connectivity index (χ0) is 66.6. The van der Waals surface area contributed by atoms with Gasteiger partial charge in [-0.2, -0.15) is 13.6 Å². The molecule has 3 amide bonds. The molecule has 39 heteroatoms. The van der Waals surface area contributed by atoms with Crippen LogP contribution in [0.3, 0.4) is 0 Å². The average Bonchev–Trinajstić information content (AvgIpc) is 1.61. The third kappa shape index (κ3) is 30.5. The lowest BCUT2D eigenvalue weighted by atomic mass is 10.0. The second-order valence-corrected chi connectivity index (χ2v) is 24.0. The molecule has 0 spiro atoms. The number of benzene rings is 1. The first kappa shape index (κ1) is 76.2. The molecule has 1 aliphatic carbocycles. The van der Waals surface area contributed by atoms with Crippen molar-refractivity contribution in [3.8, 4) is 17.6 Å². The van der Waals surface area contributed by atoms with E-state index in [9.17, 15) is 47.5 Å². The Balaban J connectivity index is 0.902. The fraction of sp³-hybridized carbons (Fsp3) is 0.585. The molecule has 92 heavy (non-hydrogen) atoms. The number of nitrogen functional groups attached to an aromatic ring is 1. The van der Waals surface area contributed by atoms with Crippen LogP contribution in [-0.4, -0.2) is 208 Å². The number of hydrogen-bond donors (Lipinski definition) is 10. The van der Waals surface area contributed by atoms with Crippen LogP contribution >= 0.6 is 23.5 Å². The van der Waals surface area contributed by atoms with E-state index in [0.717, 1.165) is 32.1 Å². The van der Waals surface area contributed by atoms with Gasteiger partial charge in [-0.3, -0.25) is 33.5 Å². The van der Waals surface area contributed by atoms with Crippen LogP contribution in [0.5, 0.6) is 5.75 Å². The SMILES string of the molecule is C=CCO[C@@H]1CC(n2cc(C#CCNC(=O)COCCOC(COc3cccc(C(=O)NCCNC(=O)CCOCCOCCOCCOCCNCC(=O)OC4CC/C=C\CCC4)c3)N=[N+]=[N-])c3c(=O)[nH]c(N)nc32)OC1COP(=O)(O)OP(=O)(O)OP(=O)(O)O. The number of carbonyl (C=O) groups is 4. The Bertz CT molecular complexity index is 3210. The minimum absolute atomic E-state index is 0.00762. The van der Waals surface area contributed by atoms with Crippen molar-refractivity contribution in [1.29, 1.82) is 0 Å². The summed E-state index contributed by atoms with van der Waals surface area (Å²) in [5.41, 5.74) is 14.6. The summed E-state index contributed by atoms with van der Waals surface area (Å²) in [5.74, 6) is 3.95. The van der Waals surface area contributed by atoms with Crippen LogP contribution in [0.25, 0.3) is 21.5 Å². The van der Waals surface area contributed by atoms with Crippen molar-refractivity contribution < 1.29 is 113 Å². The number of aromatic amines is 1. The summed E-state index contributed by atoms with van der Waals surface area (Å²) < 4.78 is 105. The number of hydrogen-bond acceptors (Lipinski definition) is 25. The molecular weight excluding hydrogens is 1280 g/mol. The number of H-pyrrole nitrogens is 1. The number of esters is 1. The Hall–Kier alpha value is -6.48. The van der Waals surface area contributed by atoms with Gasteiger partial charge in [0.05, 0.1) is 109 Å². The first-order chi connectivity index (χ1) is 44.1. The van der Waals surface area contributed by atoms with Crippen molar-refractivity contribution in [2.24, 2.45) is 5.11 Å². The molecule has 5 rings (SSSR count). The van der Waals surface area contributed by atoms with Crippen molar-refractivity contribution in [2.75, 3.05) is 131 Å². The molecule has 510 valence electrons. The number of nitrogens with one attached hydrogen (secondary N) is 5. The van der Waals surface area contributed by atoms with Gasteiger partial charge >= 0.3 is 29.4 Å². The van der Waals surface area contributed by atoms with Crippen LogP contribution in [0.15, 0.2) is 65.2 Å². The lowest BCUT2D eigenvalue weighted by Crippen LogP contribution is -2.35. The van der Waals surface area contributed by atoms with Crippen LogP contribution in [0.1, 0.15) is 67.1 Å². The Morgan fingerprint density at radius 2 is 1.62 bits per heavy atom. The van der Waals surface area contributed by atoms with Crippen LogP contribution in [-0.2, 0) is 83.9 Å². The van der Waals surface area contributed by atoms with Crippen molar-refractivity contribution in [2.45, 2.75) is 75.7 Å². The predicted molar refractivity (Wildman–Crippen MR) is 323 cm³/mol. The maximum atomic E-state index is 13.1. The topological polar surface area (TPSA) is 494 Å². The summed E-state index contributed by atoms with van der Waals surface area (Å²) in [5, 5.41) is 14.5. The molecule has 3 aromatic rings.